The zero-order chi connectivity index (χ0) is 7.72. The number of hydrogen-bond acceptors (Lipinski definition) is 3. The molecule has 5 heteroatoms. The maximum atomic E-state index is 12.5. The van der Waals surface area contributed by atoms with Gasteiger partial charge in [0.05, 0.1) is 0 Å². The van der Waals surface area contributed by atoms with Crippen molar-refractivity contribution in [1.82, 2.24) is 9.97 Å². The highest BCUT2D eigenvalue weighted by atomic mass is 19.1. The van der Waals surface area contributed by atoms with Crippen molar-refractivity contribution in [3.8, 4) is 0 Å². The fourth-order valence-corrected chi connectivity index (χ4v) is 0.521. The van der Waals surface area contributed by atoms with Crippen molar-refractivity contribution in [2.45, 2.75) is 6.92 Å². The summed E-state index contributed by atoms with van der Waals surface area (Å²) in [5.74, 6) is -0.793. The molecule has 1 rings (SSSR count). The van der Waals surface area contributed by atoms with E-state index in [1.165, 1.54) is 6.92 Å². The summed E-state index contributed by atoms with van der Waals surface area (Å²) in [6.45, 7) is 1.44. The molecule has 3 N–H and O–H groups in total. The molecule has 1 aromatic heterocycles. The normalized spacial score (nSPS) is 9.80. The molecule has 0 aliphatic heterocycles. The first kappa shape index (κ1) is 6.73. The van der Waals surface area contributed by atoms with E-state index in [0.717, 1.165) is 0 Å². The Balaban J connectivity index is 3.46. The third-order valence-electron chi connectivity index (χ3n) is 1.15. The molecular weight excluding hydrogens is 137 g/mol. The molecule has 4 nitrogen and oxygen atoms in total. The fourth-order valence-electron chi connectivity index (χ4n) is 0.521. The van der Waals surface area contributed by atoms with Gasteiger partial charge in [-0.25, -0.2) is 4.79 Å². The summed E-state index contributed by atoms with van der Waals surface area (Å²) >= 11 is 0. The van der Waals surface area contributed by atoms with Gasteiger partial charge in [0.15, 0.2) is 0 Å². The van der Waals surface area contributed by atoms with Crippen molar-refractivity contribution in [3.05, 3.63) is 22.0 Å². The summed E-state index contributed by atoms with van der Waals surface area (Å²) < 4.78 is 12.5. The molecule has 0 saturated heterocycles. The lowest BCUT2D eigenvalue weighted by atomic mass is 10.3. The number of anilines is 1. The van der Waals surface area contributed by atoms with Crippen LogP contribution in [0, 0.1) is 12.9 Å². The average Bonchev–Trinajstić information content (AvgIpc) is 1.82. The summed E-state index contributed by atoms with van der Waals surface area (Å²) in [5, 5.41) is 0. The number of nitrogens with two attached hydrogens (primary N) is 1. The van der Waals surface area contributed by atoms with Crippen LogP contribution in [-0.4, -0.2) is 9.97 Å². The molecule has 0 radical (unpaired) electrons. The van der Waals surface area contributed by atoms with Gasteiger partial charge in [0, 0.05) is 5.56 Å². The first-order valence-electron chi connectivity index (χ1n) is 2.63. The number of halogens is 1. The van der Waals surface area contributed by atoms with Gasteiger partial charge in [-0.1, -0.05) is 0 Å². The highest BCUT2D eigenvalue weighted by Crippen LogP contribution is 2.04. The first-order chi connectivity index (χ1) is 4.61. The van der Waals surface area contributed by atoms with Gasteiger partial charge in [-0.15, -0.1) is 0 Å². The molecule has 1 aromatic rings. The molecule has 0 spiro atoms. The number of nitrogens with zero attached hydrogens (tertiary/aromatic N) is 1. The predicted octanol–water partition coefficient (Wildman–Crippen LogP) is -0.200. The molecule has 0 aromatic carbocycles. The van der Waals surface area contributed by atoms with Crippen LogP contribution in [0.3, 0.4) is 0 Å². The second-order valence-electron chi connectivity index (χ2n) is 1.87. The second kappa shape index (κ2) is 2.09. The third kappa shape index (κ3) is 0.975. The average molecular weight is 143 g/mol. The standard InChI is InChI=1S/C5H6FN3O/c1-2-3(6)8-5(10)9-4(2)7/h1H3,(H3,7,8,9,10). The zero-order valence-electron chi connectivity index (χ0n) is 5.31. The van der Waals surface area contributed by atoms with Crippen LogP contribution in [0.4, 0.5) is 10.2 Å². The van der Waals surface area contributed by atoms with E-state index in [0.29, 0.717) is 0 Å². The van der Waals surface area contributed by atoms with E-state index >= 15 is 0 Å². The van der Waals surface area contributed by atoms with Crippen LogP contribution in [0.25, 0.3) is 0 Å². The molecule has 0 bridgehead atoms. The Kier molecular flexibility index (Phi) is 1.41. The van der Waals surface area contributed by atoms with Gasteiger partial charge in [0.2, 0.25) is 5.95 Å². The maximum absolute atomic E-state index is 12.5. The Morgan fingerprint density at radius 2 is 2.30 bits per heavy atom. The summed E-state index contributed by atoms with van der Waals surface area (Å²) in [6.07, 6.45) is 0. The molecule has 0 fully saturated rings. The maximum Gasteiger partial charge on any atom is 0.349 e. The third-order valence-corrected chi connectivity index (χ3v) is 1.15. The van der Waals surface area contributed by atoms with E-state index in [2.05, 4.69) is 4.98 Å². The number of aromatic nitrogens is 2. The van der Waals surface area contributed by atoms with Gasteiger partial charge in [-0.05, 0) is 6.92 Å². The molecule has 54 valence electrons. The molecule has 0 atom stereocenters. The van der Waals surface area contributed by atoms with Crippen LogP contribution in [0.15, 0.2) is 4.79 Å². The van der Waals surface area contributed by atoms with Crippen LogP contribution >= 0.6 is 0 Å². The minimum absolute atomic E-state index is 0.0683. The topological polar surface area (TPSA) is 71.8 Å². The van der Waals surface area contributed by atoms with Crippen LogP contribution in [0.5, 0.6) is 0 Å². The van der Waals surface area contributed by atoms with Gasteiger partial charge in [0.25, 0.3) is 0 Å². The monoisotopic (exact) mass is 143 g/mol. The Bertz CT molecular complexity index is 280. The van der Waals surface area contributed by atoms with Crippen molar-refractivity contribution in [2.75, 3.05) is 5.73 Å². The molecule has 0 unspecified atom stereocenters. The zero-order valence-corrected chi connectivity index (χ0v) is 5.31. The quantitative estimate of drug-likeness (QED) is 0.494. The minimum Gasteiger partial charge on any atom is -0.383 e. The number of nitrogens with one attached hydrogen (secondary N) is 1. The molecule has 10 heavy (non-hydrogen) atoms. The molecule has 0 aliphatic carbocycles. The van der Waals surface area contributed by atoms with Crippen molar-refractivity contribution < 1.29 is 4.39 Å². The van der Waals surface area contributed by atoms with E-state index < -0.39 is 11.6 Å². The van der Waals surface area contributed by atoms with Crippen LogP contribution < -0.4 is 11.4 Å². The smallest absolute Gasteiger partial charge is 0.349 e. The Hall–Kier alpha value is -1.39. The Morgan fingerprint density at radius 1 is 1.70 bits per heavy atom. The Labute approximate surface area is 55.9 Å². The van der Waals surface area contributed by atoms with Crippen molar-refractivity contribution in [2.24, 2.45) is 0 Å². The van der Waals surface area contributed by atoms with Gasteiger partial charge in [-0.3, -0.25) is 4.98 Å². The first-order valence-corrected chi connectivity index (χ1v) is 2.63. The van der Waals surface area contributed by atoms with Crippen LogP contribution in [-0.2, 0) is 0 Å². The van der Waals surface area contributed by atoms with Gasteiger partial charge in [-0.2, -0.15) is 9.37 Å². The lowest BCUT2D eigenvalue weighted by molar-refractivity contribution is 0.565. The number of hydrogen-bond donors (Lipinski definition) is 2. The molecule has 0 amide bonds. The van der Waals surface area contributed by atoms with E-state index in [9.17, 15) is 9.18 Å². The summed E-state index contributed by atoms with van der Waals surface area (Å²) in [4.78, 5) is 15.5. The van der Waals surface area contributed by atoms with E-state index in [4.69, 9.17) is 5.73 Å². The SMILES string of the molecule is Cc1c(N)nc(=O)[nH]c1F. The van der Waals surface area contributed by atoms with Crippen molar-refractivity contribution in [3.63, 3.8) is 0 Å². The Morgan fingerprint density at radius 3 is 2.80 bits per heavy atom. The fraction of sp³-hybridized carbons (Fsp3) is 0.200. The summed E-state index contributed by atoms with van der Waals surface area (Å²) in [5.41, 5.74) is 4.55. The molecule has 1 heterocycles. The number of aromatic amines is 1. The second-order valence-corrected chi connectivity index (χ2v) is 1.87. The van der Waals surface area contributed by atoms with Crippen molar-refractivity contribution >= 4 is 5.82 Å². The molecule has 0 aliphatic rings. The van der Waals surface area contributed by atoms with Gasteiger partial charge < -0.3 is 5.73 Å². The summed E-state index contributed by atoms with van der Waals surface area (Å²) in [7, 11) is 0. The highest BCUT2D eigenvalue weighted by Gasteiger charge is 2.02. The van der Waals surface area contributed by atoms with Crippen LogP contribution in [0.2, 0.25) is 0 Å². The number of H-pyrrole nitrogens is 1. The lowest BCUT2D eigenvalue weighted by Crippen LogP contribution is -2.16. The van der Waals surface area contributed by atoms with Gasteiger partial charge in [0.1, 0.15) is 5.82 Å². The predicted molar refractivity (Wildman–Crippen MR) is 34.0 cm³/mol. The lowest BCUT2D eigenvalue weighted by Gasteiger charge is -1.96. The van der Waals surface area contributed by atoms with E-state index in [-0.39, 0.29) is 11.4 Å². The number of rotatable bonds is 0. The largest absolute Gasteiger partial charge is 0.383 e. The van der Waals surface area contributed by atoms with Crippen molar-refractivity contribution in [1.29, 1.82) is 0 Å². The minimum atomic E-state index is -0.763. The van der Waals surface area contributed by atoms with Crippen LogP contribution in [0.1, 0.15) is 5.56 Å². The highest BCUT2D eigenvalue weighted by molar-refractivity contribution is 5.35. The number of nitrogen functional groups attached to an aromatic ring is 1. The van der Waals surface area contributed by atoms with Gasteiger partial charge >= 0.3 is 5.69 Å². The molecule has 0 saturated carbocycles. The molecular formula is C5H6FN3O. The van der Waals surface area contributed by atoms with E-state index in [1.807, 2.05) is 4.98 Å². The summed E-state index contributed by atoms with van der Waals surface area (Å²) in [6, 6.07) is 0. The van der Waals surface area contributed by atoms with E-state index in [1.54, 1.807) is 0 Å².